The molecule has 0 atom stereocenters. The number of carbonyl (C=O) groups is 2. The number of hydrogen-bond acceptors (Lipinski definition) is 6. The number of benzene rings is 1. The zero-order chi connectivity index (χ0) is 19.4. The number of hydrogen-bond donors (Lipinski definition) is 2. The number of halogens is 1. The van der Waals surface area contributed by atoms with Gasteiger partial charge in [-0.2, -0.15) is 0 Å². The molecule has 0 aliphatic carbocycles. The number of aromatic nitrogens is 2. The summed E-state index contributed by atoms with van der Waals surface area (Å²) in [6, 6.07) is 7.21. The lowest BCUT2D eigenvalue weighted by atomic mass is 10.2. The normalized spacial score (nSPS) is 13.2. The van der Waals surface area contributed by atoms with Gasteiger partial charge in [0.25, 0.3) is 0 Å². The third kappa shape index (κ3) is 4.55. The molecule has 148 valence electrons. The Kier molecular flexibility index (Phi) is 6.89. The average molecular weight is 405 g/mol. The molecule has 0 radical (unpaired) electrons. The minimum atomic E-state index is -0.332. The van der Waals surface area contributed by atoms with Crippen molar-refractivity contribution in [1.82, 2.24) is 14.9 Å². The largest absolute Gasteiger partial charge is 0.469 e. The fourth-order valence-corrected chi connectivity index (χ4v) is 2.76. The second-order valence-corrected chi connectivity index (χ2v) is 6.00. The molecular weight excluding hydrogens is 384 g/mol. The van der Waals surface area contributed by atoms with Crippen LogP contribution in [0.2, 0.25) is 0 Å². The number of carbonyl (C=O) groups excluding carboxylic acids is 2. The van der Waals surface area contributed by atoms with Gasteiger partial charge in [0.15, 0.2) is 5.82 Å². The van der Waals surface area contributed by atoms with E-state index in [0.717, 1.165) is 11.3 Å². The Morgan fingerprint density at radius 2 is 1.86 bits per heavy atom. The maximum Gasteiger partial charge on any atom is 0.324 e. The van der Waals surface area contributed by atoms with Crippen molar-refractivity contribution in [3.8, 4) is 11.4 Å². The van der Waals surface area contributed by atoms with Crippen LogP contribution in [-0.4, -0.2) is 59.4 Å². The van der Waals surface area contributed by atoms with Crippen LogP contribution in [0.4, 0.5) is 10.5 Å². The molecule has 0 saturated carbocycles. The highest BCUT2D eigenvalue weighted by molar-refractivity contribution is 5.95. The average Bonchev–Trinajstić information content (AvgIpc) is 3.06. The first-order valence-corrected chi connectivity index (χ1v) is 8.39. The Labute approximate surface area is 168 Å². The molecule has 1 saturated heterocycles. The van der Waals surface area contributed by atoms with E-state index < -0.39 is 0 Å². The van der Waals surface area contributed by atoms with Gasteiger partial charge in [-0.3, -0.25) is 15.1 Å². The molecule has 2 aromatic rings. The Morgan fingerprint density at radius 1 is 1.21 bits per heavy atom. The minimum Gasteiger partial charge on any atom is -0.469 e. The predicted molar refractivity (Wildman–Crippen MR) is 107 cm³/mol. The second-order valence-electron chi connectivity index (χ2n) is 6.00. The quantitative estimate of drug-likeness (QED) is 0.428. The molecule has 3 rings (SSSR count). The lowest BCUT2D eigenvalue weighted by Gasteiger charge is -2.18. The van der Waals surface area contributed by atoms with Crippen LogP contribution in [-0.2, 0) is 9.53 Å². The predicted octanol–water partition coefficient (Wildman–Crippen LogP) is 1.65. The van der Waals surface area contributed by atoms with Gasteiger partial charge in [-0.25, -0.2) is 14.8 Å². The van der Waals surface area contributed by atoms with Crippen molar-refractivity contribution in [2.45, 2.75) is 6.42 Å². The number of rotatable bonds is 6. The zero-order valence-corrected chi connectivity index (χ0v) is 16.1. The van der Waals surface area contributed by atoms with Gasteiger partial charge in [-0.05, 0) is 24.3 Å². The Morgan fingerprint density at radius 3 is 2.43 bits per heavy atom. The summed E-state index contributed by atoms with van der Waals surface area (Å²) in [6.45, 7) is 1.47. The number of nitrogens with zero attached hydrogens (tertiary/aromatic N) is 4. The van der Waals surface area contributed by atoms with E-state index in [1.54, 1.807) is 9.80 Å². The number of urea groups is 1. The van der Waals surface area contributed by atoms with Crippen LogP contribution < -0.4 is 10.6 Å². The van der Waals surface area contributed by atoms with Crippen molar-refractivity contribution in [3.63, 3.8) is 0 Å². The SMILES string of the molecule is COC(=O)CCN1CCN(c2ccc(-c3ncc(C(=N)N)cn3)cc2)C1=O.Cl. The molecule has 28 heavy (non-hydrogen) atoms. The highest BCUT2D eigenvalue weighted by Gasteiger charge is 2.29. The third-order valence-electron chi connectivity index (χ3n) is 4.31. The molecule has 1 aromatic heterocycles. The maximum atomic E-state index is 12.5. The fourth-order valence-electron chi connectivity index (χ4n) is 2.76. The number of nitrogens with one attached hydrogen (secondary N) is 1. The van der Waals surface area contributed by atoms with E-state index in [4.69, 9.17) is 11.1 Å². The van der Waals surface area contributed by atoms with E-state index in [1.807, 2.05) is 24.3 Å². The number of methoxy groups -OCH3 is 1. The number of amides is 2. The molecule has 3 N–H and O–H groups in total. The van der Waals surface area contributed by atoms with Crippen molar-refractivity contribution in [1.29, 1.82) is 5.41 Å². The highest BCUT2D eigenvalue weighted by atomic mass is 35.5. The number of anilines is 1. The van der Waals surface area contributed by atoms with Crippen LogP contribution in [0.3, 0.4) is 0 Å². The first-order valence-electron chi connectivity index (χ1n) is 8.39. The lowest BCUT2D eigenvalue weighted by molar-refractivity contribution is -0.140. The number of amidine groups is 1. The lowest BCUT2D eigenvalue weighted by Crippen LogP contribution is -2.33. The molecule has 1 aliphatic heterocycles. The summed E-state index contributed by atoms with van der Waals surface area (Å²) >= 11 is 0. The van der Waals surface area contributed by atoms with Gasteiger partial charge >= 0.3 is 12.0 Å². The van der Waals surface area contributed by atoms with Crippen LogP contribution >= 0.6 is 12.4 Å². The van der Waals surface area contributed by atoms with Gasteiger partial charge in [0.2, 0.25) is 0 Å². The molecule has 0 unspecified atom stereocenters. The van der Waals surface area contributed by atoms with Gasteiger partial charge in [-0.1, -0.05) is 0 Å². The molecule has 0 spiro atoms. The Bertz CT molecular complexity index is 857. The van der Waals surface area contributed by atoms with Crippen molar-refractivity contribution in [3.05, 3.63) is 42.2 Å². The maximum absolute atomic E-state index is 12.5. The molecule has 2 heterocycles. The third-order valence-corrected chi connectivity index (χ3v) is 4.31. The molecule has 1 fully saturated rings. The van der Waals surface area contributed by atoms with Gasteiger partial charge in [0.05, 0.1) is 19.1 Å². The molecular formula is C18H21ClN6O3. The molecule has 0 bridgehead atoms. The summed E-state index contributed by atoms with van der Waals surface area (Å²) < 4.78 is 4.61. The van der Waals surface area contributed by atoms with Gasteiger partial charge in [-0.15, -0.1) is 12.4 Å². The summed E-state index contributed by atoms with van der Waals surface area (Å²) in [7, 11) is 1.33. The summed E-state index contributed by atoms with van der Waals surface area (Å²) in [5, 5.41) is 7.36. The standard InChI is InChI=1S/C18H20N6O3.ClH/c1-27-15(25)6-7-23-8-9-24(18(23)26)14-4-2-12(3-5-14)17-21-10-13(11-22-17)16(19)20;/h2-5,10-11H,6-9H2,1H3,(H3,19,20);1H. The van der Waals surface area contributed by atoms with Crippen LogP contribution in [0, 0.1) is 5.41 Å². The van der Waals surface area contributed by atoms with E-state index >= 15 is 0 Å². The van der Waals surface area contributed by atoms with Crippen molar-refractivity contribution in [2.24, 2.45) is 5.73 Å². The first kappa shape index (κ1) is 21.1. The topological polar surface area (TPSA) is 126 Å². The smallest absolute Gasteiger partial charge is 0.324 e. The summed E-state index contributed by atoms with van der Waals surface area (Å²) in [6.07, 6.45) is 3.19. The molecule has 10 heteroatoms. The fraction of sp³-hybridized carbons (Fsp3) is 0.278. The van der Waals surface area contributed by atoms with Crippen LogP contribution in [0.1, 0.15) is 12.0 Å². The molecule has 1 aliphatic rings. The molecule has 1 aromatic carbocycles. The summed E-state index contributed by atoms with van der Waals surface area (Å²) in [5.74, 6) is 0.0987. The van der Waals surface area contributed by atoms with Gasteiger partial charge in [0.1, 0.15) is 5.84 Å². The van der Waals surface area contributed by atoms with E-state index in [2.05, 4.69) is 14.7 Å². The van der Waals surface area contributed by atoms with Crippen LogP contribution in [0.15, 0.2) is 36.7 Å². The number of nitrogen functional groups attached to an aromatic ring is 1. The first-order chi connectivity index (χ1) is 13.0. The van der Waals surface area contributed by atoms with Gasteiger partial charge in [0, 0.05) is 43.3 Å². The van der Waals surface area contributed by atoms with Gasteiger partial charge < -0.3 is 15.4 Å². The number of esters is 1. The zero-order valence-electron chi connectivity index (χ0n) is 15.3. The van der Waals surface area contributed by atoms with Crippen LogP contribution in [0.25, 0.3) is 11.4 Å². The van der Waals surface area contributed by atoms with E-state index in [-0.39, 0.29) is 36.7 Å². The summed E-state index contributed by atoms with van der Waals surface area (Å²) in [5.41, 5.74) is 7.42. The molecule has 2 amide bonds. The van der Waals surface area contributed by atoms with Crippen molar-refractivity contribution in [2.75, 3.05) is 31.6 Å². The van der Waals surface area contributed by atoms with E-state index in [9.17, 15) is 9.59 Å². The highest BCUT2D eigenvalue weighted by Crippen LogP contribution is 2.24. The Balaban J connectivity index is 0.00000280. The van der Waals surface area contributed by atoms with Crippen LogP contribution in [0.5, 0.6) is 0 Å². The second kappa shape index (κ2) is 9.14. The minimum absolute atomic E-state index is 0. The monoisotopic (exact) mass is 404 g/mol. The number of nitrogens with two attached hydrogens (primary N) is 1. The summed E-state index contributed by atoms with van der Waals surface area (Å²) in [4.78, 5) is 35.5. The van der Waals surface area contributed by atoms with E-state index in [0.29, 0.717) is 31.0 Å². The van der Waals surface area contributed by atoms with Crippen molar-refractivity contribution >= 4 is 35.9 Å². The van der Waals surface area contributed by atoms with E-state index in [1.165, 1.54) is 19.5 Å². The Hall–Kier alpha value is -3.20. The number of ether oxygens (including phenoxy) is 1. The molecule has 9 nitrogen and oxygen atoms in total. The van der Waals surface area contributed by atoms with Crippen molar-refractivity contribution < 1.29 is 14.3 Å².